The lowest BCUT2D eigenvalue weighted by Crippen LogP contribution is -2.44. The van der Waals surface area contributed by atoms with Gasteiger partial charge in [0.2, 0.25) is 0 Å². The Morgan fingerprint density at radius 1 is 1.33 bits per heavy atom. The van der Waals surface area contributed by atoms with Gasteiger partial charge in [0.25, 0.3) is 0 Å². The van der Waals surface area contributed by atoms with Crippen LogP contribution in [0.3, 0.4) is 0 Å². The Morgan fingerprint density at radius 3 is 2.48 bits per heavy atom. The minimum atomic E-state index is -1.19. The van der Waals surface area contributed by atoms with E-state index in [1.807, 2.05) is 0 Å². The number of carboxylic acids is 1. The molecule has 6 nitrogen and oxygen atoms in total. The van der Waals surface area contributed by atoms with Crippen molar-refractivity contribution in [1.29, 1.82) is 0 Å². The van der Waals surface area contributed by atoms with Gasteiger partial charge in [0.1, 0.15) is 17.9 Å². The largest absolute Gasteiger partial charge is 0.480 e. The smallest absolute Gasteiger partial charge is 0.408 e. The van der Waals surface area contributed by atoms with Crippen molar-refractivity contribution in [3.63, 3.8) is 0 Å². The zero-order valence-corrected chi connectivity index (χ0v) is 12.3. The lowest BCUT2D eigenvalue weighted by atomic mass is 10.0. The Bertz CT molecular complexity index is 533. The van der Waals surface area contributed by atoms with E-state index in [1.54, 1.807) is 45.0 Å². The van der Waals surface area contributed by atoms with Gasteiger partial charge >= 0.3 is 12.1 Å². The van der Waals surface area contributed by atoms with E-state index in [2.05, 4.69) is 5.32 Å². The molecular weight excluding hydrogens is 274 g/mol. The number of hydrogen-bond acceptors (Lipinski definition) is 4. The summed E-state index contributed by atoms with van der Waals surface area (Å²) in [4.78, 5) is 33.8. The summed E-state index contributed by atoms with van der Waals surface area (Å²) in [5.74, 6) is -1.19. The summed E-state index contributed by atoms with van der Waals surface area (Å²) in [5.41, 5.74) is 0.235. The van der Waals surface area contributed by atoms with Crippen molar-refractivity contribution >= 4 is 18.3 Å². The van der Waals surface area contributed by atoms with Gasteiger partial charge < -0.3 is 15.2 Å². The Hall–Kier alpha value is -2.37. The highest BCUT2D eigenvalue weighted by Crippen LogP contribution is 2.11. The van der Waals surface area contributed by atoms with E-state index in [9.17, 15) is 19.5 Å². The number of carbonyl (C=O) groups excluding carboxylic acids is 2. The number of alkyl carbamates (subject to hydrolysis) is 1. The second-order valence-electron chi connectivity index (χ2n) is 5.56. The summed E-state index contributed by atoms with van der Waals surface area (Å²) in [5, 5.41) is 11.5. The van der Waals surface area contributed by atoms with E-state index in [0.717, 1.165) is 0 Å². The van der Waals surface area contributed by atoms with Crippen LogP contribution in [0.15, 0.2) is 24.3 Å². The fourth-order valence-corrected chi connectivity index (χ4v) is 1.70. The summed E-state index contributed by atoms with van der Waals surface area (Å²) in [6, 6.07) is 5.46. The molecule has 0 saturated carbocycles. The van der Waals surface area contributed by atoms with Crippen LogP contribution in [0.4, 0.5) is 4.79 Å². The molecule has 1 atom stereocenters. The second-order valence-corrected chi connectivity index (χ2v) is 5.56. The molecule has 1 rings (SSSR count). The van der Waals surface area contributed by atoms with Crippen LogP contribution in [0.2, 0.25) is 0 Å². The topological polar surface area (TPSA) is 92.7 Å². The number of hydrogen-bond donors (Lipinski definition) is 2. The first-order chi connectivity index (χ1) is 9.73. The van der Waals surface area contributed by atoms with Crippen LogP contribution in [-0.2, 0) is 16.0 Å². The summed E-state index contributed by atoms with van der Waals surface area (Å²) in [7, 11) is 0. The van der Waals surface area contributed by atoms with Crippen molar-refractivity contribution < 1.29 is 24.2 Å². The molecule has 6 heteroatoms. The second kappa shape index (κ2) is 6.88. The lowest BCUT2D eigenvalue weighted by Gasteiger charge is -2.22. The van der Waals surface area contributed by atoms with Gasteiger partial charge in [-0.3, -0.25) is 4.79 Å². The fourth-order valence-electron chi connectivity index (χ4n) is 1.70. The fraction of sp³-hybridized carbons (Fsp3) is 0.400. The molecule has 2 N–H and O–H groups in total. The van der Waals surface area contributed by atoms with Gasteiger partial charge in [-0.05, 0) is 26.3 Å². The number of amides is 1. The first-order valence-electron chi connectivity index (χ1n) is 6.48. The molecule has 114 valence electrons. The van der Waals surface area contributed by atoms with Crippen LogP contribution in [0.5, 0.6) is 0 Å². The molecule has 0 spiro atoms. The highest BCUT2D eigenvalue weighted by atomic mass is 16.6. The van der Waals surface area contributed by atoms with Crippen LogP contribution in [0, 0.1) is 0 Å². The normalized spacial score (nSPS) is 12.3. The molecule has 0 bridgehead atoms. The van der Waals surface area contributed by atoms with Crippen molar-refractivity contribution in [1.82, 2.24) is 5.32 Å². The standard InChI is InChI=1S/C15H19NO5/c1-15(2,3)21-14(20)16-12(13(18)19)8-10-6-4-5-7-11(10)9-17/h4-7,9,12H,8H2,1-3H3,(H,16,20)(H,18,19)/t12-/m1/s1. The molecule has 0 aliphatic rings. The van der Waals surface area contributed by atoms with Gasteiger partial charge in [0.05, 0.1) is 0 Å². The third-order valence-corrected chi connectivity index (χ3v) is 2.60. The van der Waals surface area contributed by atoms with Gasteiger partial charge in [-0.25, -0.2) is 9.59 Å². The number of carbonyl (C=O) groups is 3. The number of aldehydes is 1. The van der Waals surface area contributed by atoms with Gasteiger partial charge in [-0.15, -0.1) is 0 Å². The number of nitrogens with one attached hydrogen (secondary N) is 1. The molecule has 0 saturated heterocycles. The van der Waals surface area contributed by atoms with Crippen LogP contribution >= 0.6 is 0 Å². The van der Waals surface area contributed by atoms with E-state index in [0.29, 0.717) is 17.4 Å². The number of aliphatic carboxylic acids is 1. The van der Waals surface area contributed by atoms with Crippen LogP contribution in [0.25, 0.3) is 0 Å². The zero-order chi connectivity index (χ0) is 16.0. The molecular formula is C15H19NO5. The third kappa shape index (κ3) is 5.64. The van der Waals surface area contributed by atoms with Crippen molar-refractivity contribution in [3.05, 3.63) is 35.4 Å². The zero-order valence-electron chi connectivity index (χ0n) is 12.3. The summed E-state index contributed by atoms with van der Waals surface area (Å²) in [6.07, 6.45) is -0.149. The van der Waals surface area contributed by atoms with Crippen molar-refractivity contribution in [2.24, 2.45) is 0 Å². The molecule has 1 aromatic carbocycles. The molecule has 1 aromatic rings. The van der Waals surface area contributed by atoms with Gasteiger partial charge in [0.15, 0.2) is 0 Å². The predicted octanol–water partition coefficient (Wildman–Crippen LogP) is 2.02. The third-order valence-electron chi connectivity index (χ3n) is 2.60. The summed E-state index contributed by atoms with van der Waals surface area (Å²) in [6.45, 7) is 5.05. The molecule has 0 aliphatic carbocycles. The van der Waals surface area contributed by atoms with Crippen molar-refractivity contribution in [2.75, 3.05) is 0 Å². The van der Waals surface area contributed by atoms with Crippen molar-refractivity contribution in [3.8, 4) is 0 Å². The number of benzene rings is 1. The van der Waals surface area contributed by atoms with Crippen LogP contribution < -0.4 is 5.32 Å². The molecule has 0 aromatic heterocycles. The Labute approximate surface area is 123 Å². The minimum absolute atomic E-state index is 0.00346. The Kier molecular flexibility index (Phi) is 5.46. The van der Waals surface area contributed by atoms with E-state index in [-0.39, 0.29) is 6.42 Å². The highest BCUT2D eigenvalue weighted by Gasteiger charge is 2.24. The molecule has 0 aliphatic heterocycles. The molecule has 0 radical (unpaired) electrons. The Morgan fingerprint density at radius 2 is 1.95 bits per heavy atom. The molecule has 0 fully saturated rings. The first-order valence-corrected chi connectivity index (χ1v) is 6.48. The van der Waals surface area contributed by atoms with E-state index in [4.69, 9.17) is 4.74 Å². The molecule has 0 heterocycles. The van der Waals surface area contributed by atoms with Gasteiger partial charge in [-0.1, -0.05) is 24.3 Å². The molecule has 1 amide bonds. The van der Waals surface area contributed by atoms with E-state index >= 15 is 0 Å². The predicted molar refractivity (Wildman–Crippen MR) is 76.3 cm³/mol. The van der Waals surface area contributed by atoms with Crippen LogP contribution in [-0.4, -0.2) is 35.1 Å². The number of ether oxygens (including phenoxy) is 1. The number of carboxylic acid groups (broad SMARTS) is 1. The minimum Gasteiger partial charge on any atom is -0.480 e. The lowest BCUT2D eigenvalue weighted by molar-refractivity contribution is -0.139. The van der Waals surface area contributed by atoms with E-state index in [1.165, 1.54) is 0 Å². The maximum Gasteiger partial charge on any atom is 0.408 e. The summed E-state index contributed by atoms with van der Waals surface area (Å²) >= 11 is 0. The molecule has 0 unspecified atom stereocenters. The van der Waals surface area contributed by atoms with Gasteiger partial charge in [-0.2, -0.15) is 0 Å². The summed E-state index contributed by atoms with van der Waals surface area (Å²) < 4.78 is 5.03. The average molecular weight is 293 g/mol. The number of rotatable bonds is 5. The maximum atomic E-state index is 11.7. The van der Waals surface area contributed by atoms with Gasteiger partial charge in [0, 0.05) is 12.0 Å². The SMILES string of the molecule is CC(C)(C)OC(=O)N[C@H](Cc1ccccc1C=O)C(=O)O. The monoisotopic (exact) mass is 293 g/mol. The first kappa shape index (κ1) is 16.7. The van der Waals surface area contributed by atoms with Crippen molar-refractivity contribution in [2.45, 2.75) is 38.8 Å². The van der Waals surface area contributed by atoms with Crippen LogP contribution in [0.1, 0.15) is 36.7 Å². The average Bonchev–Trinajstić information content (AvgIpc) is 2.36. The maximum absolute atomic E-state index is 11.7. The Balaban J connectivity index is 2.81. The molecule has 21 heavy (non-hydrogen) atoms. The quantitative estimate of drug-likeness (QED) is 0.810. The highest BCUT2D eigenvalue weighted by molar-refractivity contribution is 5.82. The van der Waals surface area contributed by atoms with E-state index < -0.39 is 23.7 Å².